The molecule has 0 radical (unpaired) electrons. The molecule has 0 unspecified atom stereocenters. The van der Waals surface area contributed by atoms with Gasteiger partial charge >= 0.3 is 0 Å². The van der Waals surface area contributed by atoms with Crippen molar-refractivity contribution in [1.29, 1.82) is 0 Å². The van der Waals surface area contributed by atoms with Crippen LogP contribution in [0.25, 0.3) is 33.4 Å². The number of nitrogens with zero attached hydrogens (tertiary/aromatic N) is 1. The number of hydrogen-bond acceptors (Lipinski definition) is 0. The van der Waals surface area contributed by atoms with Gasteiger partial charge in [0, 0.05) is 28.9 Å². The lowest BCUT2D eigenvalue weighted by molar-refractivity contribution is -0.884. The molecule has 7 aromatic carbocycles. The second-order valence-corrected chi connectivity index (χ2v) is 22.5. The first-order valence-electron chi connectivity index (χ1n) is 21.4. The summed E-state index contributed by atoms with van der Waals surface area (Å²) in [5, 5.41) is 0. The molecule has 5 heteroatoms. The quantitative estimate of drug-likeness (QED) is 0.151. The Bertz CT molecular complexity index is 2660. The summed E-state index contributed by atoms with van der Waals surface area (Å²) < 4.78 is 5.80. The maximum atomic E-state index is 3.66. The first-order valence-corrected chi connectivity index (χ1v) is 24.6. The van der Waals surface area contributed by atoms with Crippen LogP contribution in [-0.4, -0.2) is 25.6 Å². The lowest BCUT2D eigenvalue weighted by Gasteiger charge is -2.23. The van der Waals surface area contributed by atoms with Gasteiger partial charge < -0.3 is 4.48 Å². The molecular formula is C57H58Br4N+. The highest BCUT2D eigenvalue weighted by Crippen LogP contribution is 2.51. The lowest BCUT2D eigenvalue weighted by Crippen LogP contribution is -2.33. The van der Waals surface area contributed by atoms with E-state index < -0.39 is 0 Å². The number of fused-ring (bicyclic) bond motifs is 9. The van der Waals surface area contributed by atoms with Crippen LogP contribution in [0.1, 0.15) is 86.2 Å². The maximum Gasteiger partial charge on any atom is 0.104 e. The van der Waals surface area contributed by atoms with E-state index in [2.05, 4.69) is 256 Å². The van der Waals surface area contributed by atoms with E-state index in [1.807, 2.05) is 0 Å². The van der Waals surface area contributed by atoms with Gasteiger partial charge in [0.1, 0.15) is 6.54 Å². The minimum atomic E-state index is 0.0666. The third kappa shape index (κ3) is 10.0. The zero-order chi connectivity index (χ0) is 44.8. The molecule has 1 nitrogen and oxygen atoms in total. The lowest BCUT2D eigenvalue weighted by atomic mass is 9.82. The molecule has 318 valence electrons. The molecule has 0 spiro atoms. The standard InChI is InChI=1S/C17H16Br2.C15H12Br2.C15H14.C10H16N/c1-9-5-11-12-6-10(2)16(19)8-14(12)17(3,4)13(11)7-15(9)18;1-8-3-12-10(6-14(8)16)5-11-7-15(17)9(2)4-13(11)12;1-10-3-5-12-9-13-6-4-11(2)8-15(13)14(12)7-10;1-11(2,3)9-10-7-5-4-6-8-10/h5-8H,1-4H3;3-4,6-7H,5H2,1-2H3;3-8H,9H2,1-2H3;4-8H,9H2,1-3H3/q;;;+1. The number of hydrogen-bond donors (Lipinski definition) is 0. The van der Waals surface area contributed by atoms with Gasteiger partial charge in [0.15, 0.2) is 0 Å². The molecule has 0 bridgehead atoms. The molecule has 0 N–H and O–H groups in total. The molecule has 0 aliphatic heterocycles. The summed E-state index contributed by atoms with van der Waals surface area (Å²) in [6.45, 7) is 18.6. The summed E-state index contributed by atoms with van der Waals surface area (Å²) in [4.78, 5) is 0. The molecule has 0 heterocycles. The molecule has 0 saturated carbocycles. The Morgan fingerprint density at radius 2 is 0.774 bits per heavy atom. The van der Waals surface area contributed by atoms with Gasteiger partial charge in [-0.1, -0.05) is 168 Å². The Morgan fingerprint density at radius 3 is 1.18 bits per heavy atom. The van der Waals surface area contributed by atoms with Gasteiger partial charge in [-0.15, -0.1) is 0 Å². The van der Waals surface area contributed by atoms with Crippen molar-refractivity contribution in [1.82, 2.24) is 0 Å². The number of aryl methyl sites for hydroxylation is 6. The number of quaternary nitrogens is 1. The van der Waals surface area contributed by atoms with Crippen LogP contribution in [0.3, 0.4) is 0 Å². The minimum absolute atomic E-state index is 0.0666. The van der Waals surface area contributed by atoms with Crippen LogP contribution in [0.15, 0.2) is 133 Å². The fourth-order valence-electron chi connectivity index (χ4n) is 8.96. The summed E-state index contributed by atoms with van der Waals surface area (Å²) in [5.74, 6) is 0. The van der Waals surface area contributed by atoms with Gasteiger partial charge in [-0.2, -0.15) is 0 Å². The zero-order valence-electron chi connectivity index (χ0n) is 38.1. The third-order valence-electron chi connectivity index (χ3n) is 12.4. The molecule has 0 amide bonds. The van der Waals surface area contributed by atoms with Gasteiger partial charge in [-0.05, 0) is 180 Å². The van der Waals surface area contributed by atoms with Crippen molar-refractivity contribution >= 4 is 63.7 Å². The minimum Gasteiger partial charge on any atom is -0.327 e. The summed E-state index contributed by atoms with van der Waals surface area (Å²) in [6, 6.07) is 42.4. The van der Waals surface area contributed by atoms with Crippen LogP contribution in [0.5, 0.6) is 0 Å². The zero-order valence-corrected chi connectivity index (χ0v) is 44.4. The summed E-state index contributed by atoms with van der Waals surface area (Å²) in [6.07, 6.45) is 2.15. The van der Waals surface area contributed by atoms with E-state index in [4.69, 9.17) is 0 Å². The van der Waals surface area contributed by atoms with E-state index in [-0.39, 0.29) is 5.41 Å². The van der Waals surface area contributed by atoms with Crippen molar-refractivity contribution in [3.8, 4) is 33.4 Å². The van der Waals surface area contributed by atoms with Crippen molar-refractivity contribution in [2.75, 3.05) is 21.1 Å². The van der Waals surface area contributed by atoms with E-state index in [0.29, 0.717) is 0 Å². The first-order chi connectivity index (χ1) is 29.2. The average molecular weight is 1080 g/mol. The first kappa shape index (κ1) is 46.4. The van der Waals surface area contributed by atoms with Gasteiger partial charge in [0.2, 0.25) is 0 Å². The van der Waals surface area contributed by atoms with Gasteiger partial charge in [0.05, 0.1) is 21.1 Å². The molecule has 62 heavy (non-hydrogen) atoms. The largest absolute Gasteiger partial charge is 0.327 e. The Hall–Kier alpha value is -3.58. The molecular weight excluding hydrogens is 1020 g/mol. The van der Waals surface area contributed by atoms with Crippen LogP contribution >= 0.6 is 63.7 Å². The highest BCUT2D eigenvalue weighted by molar-refractivity contribution is 9.11. The number of benzene rings is 7. The fourth-order valence-corrected chi connectivity index (χ4v) is 10.4. The molecule has 0 fully saturated rings. The third-order valence-corrected chi connectivity index (χ3v) is 15.8. The summed E-state index contributed by atoms with van der Waals surface area (Å²) >= 11 is 14.6. The van der Waals surface area contributed by atoms with Gasteiger partial charge in [0.25, 0.3) is 0 Å². The molecule has 7 aromatic rings. The SMILES string of the molecule is C[N+](C)(C)Cc1ccccc1.Cc1cc2c(cc1Br)C(C)(C)c1cc(Br)c(C)cc1-2.Cc1cc2c(cc1Br)Cc1cc(Br)c(C)cc1-2.Cc1ccc2c(c1)-c1cc(C)ccc1C2. The van der Waals surface area contributed by atoms with Crippen molar-refractivity contribution in [3.63, 3.8) is 0 Å². The van der Waals surface area contributed by atoms with Gasteiger partial charge in [-0.25, -0.2) is 0 Å². The van der Waals surface area contributed by atoms with Crippen LogP contribution in [0.4, 0.5) is 0 Å². The Kier molecular flexibility index (Phi) is 13.8. The summed E-state index contributed by atoms with van der Waals surface area (Å²) in [5.41, 5.74) is 26.4. The maximum absolute atomic E-state index is 3.66. The topological polar surface area (TPSA) is 0 Å². The van der Waals surface area contributed by atoms with Crippen LogP contribution in [0.2, 0.25) is 0 Å². The molecule has 3 aliphatic rings. The highest BCUT2D eigenvalue weighted by Gasteiger charge is 2.36. The number of rotatable bonds is 2. The van der Waals surface area contributed by atoms with Crippen LogP contribution in [0, 0.1) is 41.5 Å². The van der Waals surface area contributed by atoms with E-state index in [1.165, 1.54) is 124 Å². The van der Waals surface area contributed by atoms with Crippen molar-refractivity contribution in [2.24, 2.45) is 0 Å². The normalized spacial score (nSPS) is 13.1. The van der Waals surface area contributed by atoms with E-state index in [1.54, 1.807) is 0 Å². The Morgan fingerprint density at radius 1 is 0.419 bits per heavy atom. The predicted octanol–water partition coefficient (Wildman–Crippen LogP) is 17.3. The molecule has 3 aliphatic carbocycles. The van der Waals surface area contributed by atoms with E-state index >= 15 is 0 Å². The van der Waals surface area contributed by atoms with Crippen molar-refractivity contribution in [3.05, 3.63) is 205 Å². The molecule has 10 rings (SSSR count). The molecule has 0 aromatic heterocycles. The predicted molar refractivity (Wildman–Crippen MR) is 281 cm³/mol. The van der Waals surface area contributed by atoms with Crippen molar-refractivity contribution < 1.29 is 4.48 Å². The Balaban J connectivity index is 0.000000126. The van der Waals surface area contributed by atoms with E-state index in [9.17, 15) is 0 Å². The second-order valence-electron chi connectivity index (χ2n) is 19.0. The van der Waals surface area contributed by atoms with Crippen LogP contribution < -0.4 is 0 Å². The van der Waals surface area contributed by atoms with Crippen LogP contribution in [-0.2, 0) is 24.8 Å². The van der Waals surface area contributed by atoms with E-state index in [0.717, 1.165) is 23.9 Å². The molecule has 0 atom stereocenters. The highest BCUT2D eigenvalue weighted by atomic mass is 79.9. The van der Waals surface area contributed by atoms with Crippen molar-refractivity contribution in [2.45, 2.75) is 80.2 Å². The average Bonchev–Trinajstić information content (AvgIpc) is 3.79. The Labute approximate surface area is 405 Å². The smallest absolute Gasteiger partial charge is 0.104 e. The van der Waals surface area contributed by atoms with Gasteiger partial charge in [-0.3, -0.25) is 0 Å². The fraction of sp³-hybridized carbons (Fsp3) is 0.263. The monoisotopic (exact) mass is 1070 g/mol. The second kappa shape index (κ2) is 18.5. The molecule has 0 saturated heterocycles. The summed E-state index contributed by atoms with van der Waals surface area (Å²) in [7, 11) is 6.60. The number of halogens is 4.